The summed E-state index contributed by atoms with van der Waals surface area (Å²) in [5.41, 5.74) is 0.720. The lowest BCUT2D eigenvalue weighted by atomic mass is 9.98. The number of carbonyl (C=O) groups excluding carboxylic acids is 1. The van der Waals surface area contributed by atoms with Gasteiger partial charge in [-0.1, -0.05) is 18.0 Å². The second kappa shape index (κ2) is 9.37. The van der Waals surface area contributed by atoms with Gasteiger partial charge in [0, 0.05) is 28.4 Å². The zero-order valence-corrected chi connectivity index (χ0v) is 18.9. The molecule has 2 N–H and O–H groups in total. The van der Waals surface area contributed by atoms with Crippen LogP contribution < -0.4 is 10.0 Å². The van der Waals surface area contributed by atoms with E-state index in [2.05, 4.69) is 28.8 Å². The lowest BCUT2D eigenvalue weighted by Gasteiger charge is -2.41. The molecular weight excluding hydrogens is 422 g/mol. The van der Waals surface area contributed by atoms with Gasteiger partial charge in [0.2, 0.25) is 0 Å². The molecule has 0 atom stereocenters. The van der Waals surface area contributed by atoms with Crippen LogP contribution in [-0.4, -0.2) is 44.4 Å². The Morgan fingerprint density at radius 2 is 1.60 bits per heavy atom. The SMILES string of the molecule is CC(C)(CNC(=O)c1ccc(S(=O)(=O)Nc2ccc(Cl)cc2)cc1)N1CCCCC1. The van der Waals surface area contributed by atoms with Crippen molar-refractivity contribution in [2.45, 2.75) is 43.5 Å². The molecule has 30 heavy (non-hydrogen) atoms. The van der Waals surface area contributed by atoms with Crippen molar-refractivity contribution in [2.75, 3.05) is 24.4 Å². The van der Waals surface area contributed by atoms with Gasteiger partial charge in [-0.2, -0.15) is 0 Å². The number of piperidine rings is 1. The van der Waals surface area contributed by atoms with E-state index < -0.39 is 10.0 Å². The van der Waals surface area contributed by atoms with Crippen LogP contribution in [0.3, 0.4) is 0 Å². The van der Waals surface area contributed by atoms with E-state index in [4.69, 9.17) is 11.6 Å². The number of nitrogens with one attached hydrogen (secondary N) is 2. The Hall–Kier alpha value is -2.09. The highest BCUT2D eigenvalue weighted by Crippen LogP contribution is 2.21. The molecule has 2 aromatic carbocycles. The zero-order valence-electron chi connectivity index (χ0n) is 17.3. The molecular formula is C22H28ClN3O3S. The van der Waals surface area contributed by atoms with Crippen LogP contribution >= 0.6 is 11.6 Å². The molecule has 0 bridgehead atoms. The van der Waals surface area contributed by atoms with Gasteiger partial charge in [0.15, 0.2) is 0 Å². The lowest BCUT2D eigenvalue weighted by Crippen LogP contribution is -2.53. The number of rotatable bonds is 7. The molecule has 0 aliphatic carbocycles. The van der Waals surface area contributed by atoms with Gasteiger partial charge in [0.1, 0.15) is 0 Å². The van der Waals surface area contributed by atoms with Crippen LogP contribution in [0.5, 0.6) is 0 Å². The average Bonchev–Trinajstić information content (AvgIpc) is 2.74. The van der Waals surface area contributed by atoms with Crippen molar-refractivity contribution < 1.29 is 13.2 Å². The molecule has 6 nitrogen and oxygen atoms in total. The molecule has 1 amide bonds. The van der Waals surface area contributed by atoms with E-state index in [1.165, 1.54) is 43.5 Å². The van der Waals surface area contributed by atoms with Crippen LogP contribution in [0.4, 0.5) is 5.69 Å². The summed E-state index contributed by atoms with van der Waals surface area (Å²) in [4.78, 5) is 15.0. The zero-order chi connectivity index (χ0) is 21.8. The number of amides is 1. The Balaban J connectivity index is 1.61. The van der Waals surface area contributed by atoms with Gasteiger partial charge < -0.3 is 5.32 Å². The number of benzene rings is 2. The Labute approximate surface area is 183 Å². The second-order valence-electron chi connectivity index (χ2n) is 8.18. The van der Waals surface area contributed by atoms with Crippen molar-refractivity contribution in [2.24, 2.45) is 0 Å². The van der Waals surface area contributed by atoms with Crippen LogP contribution in [0, 0.1) is 0 Å². The molecule has 1 aliphatic heterocycles. The first-order valence-electron chi connectivity index (χ1n) is 10.1. The normalized spacial score (nSPS) is 15.6. The molecule has 0 radical (unpaired) electrons. The first kappa shape index (κ1) is 22.6. The predicted octanol–water partition coefficient (Wildman–Crippen LogP) is 4.14. The van der Waals surface area contributed by atoms with E-state index in [0.29, 0.717) is 22.8 Å². The summed E-state index contributed by atoms with van der Waals surface area (Å²) in [5, 5.41) is 3.51. The Kier molecular flexibility index (Phi) is 7.06. The molecule has 0 spiro atoms. The number of halogens is 1. The molecule has 0 aromatic heterocycles. The summed E-state index contributed by atoms with van der Waals surface area (Å²) in [6.45, 7) is 6.91. The number of hydrogen-bond donors (Lipinski definition) is 2. The van der Waals surface area contributed by atoms with Crippen molar-refractivity contribution in [3.8, 4) is 0 Å². The van der Waals surface area contributed by atoms with Crippen molar-refractivity contribution in [1.82, 2.24) is 10.2 Å². The summed E-state index contributed by atoms with van der Waals surface area (Å²) >= 11 is 5.83. The highest BCUT2D eigenvalue weighted by Gasteiger charge is 2.28. The molecule has 162 valence electrons. The van der Waals surface area contributed by atoms with Crippen LogP contribution in [0.25, 0.3) is 0 Å². The molecule has 1 aliphatic rings. The standard InChI is InChI=1S/C22H28ClN3O3S/c1-22(2,26-14-4-3-5-15-26)16-24-21(27)17-6-12-20(13-7-17)30(28,29)25-19-10-8-18(23)9-11-19/h6-13,25H,3-5,14-16H2,1-2H3,(H,24,27). The largest absolute Gasteiger partial charge is 0.350 e. The Morgan fingerprint density at radius 1 is 1.00 bits per heavy atom. The summed E-state index contributed by atoms with van der Waals surface area (Å²) in [6.07, 6.45) is 3.65. The van der Waals surface area contributed by atoms with E-state index in [-0.39, 0.29) is 16.3 Å². The predicted molar refractivity (Wildman–Crippen MR) is 121 cm³/mol. The minimum absolute atomic E-state index is 0.0858. The van der Waals surface area contributed by atoms with E-state index in [0.717, 1.165) is 13.1 Å². The molecule has 0 saturated carbocycles. The van der Waals surface area contributed by atoms with Gasteiger partial charge in [0.05, 0.1) is 4.90 Å². The fourth-order valence-electron chi connectivity index (χ4n) is 3.53. The number of hydrogen-bond acceptors (Lipinski definition) is 4. The summed E-state index contributed by atoms with van der Waals surface area (Å²) in [6, 6.07) is 12.3. The van der Waals surface area contributed by atoms with E-state index in [9.17, 15) is 13.2 Å². The third kappa shape index (κ3) is 5.74. The average molecular weight is 450 g/mol. The Bertz CT molecular complexity index is 968. The van der Waals surface area contributed by atoms with Crippen molar-refractivity contribution in [3.63, 3.8) is 0 Å². The molecule has 1 heterocycles. The maximum absolute atomic E-state index is 12.6. The van der Waals surface area contributed by atoms with Crippen LogP contribution in [0.1, 0.15) is 43.5 Å². The molecule has 2 aromatic rings. The van der Waals surface area contributed by atoms with Gasteiger partial charge in [-0.3, -0.25) is 14.4 Å². The summed E-state index contributed by atoms with van der Waals surface area (Å²) in [5.74, 6) is -0.213. The van der Waals surface area contributed by atoms with E-state index >= 15 is 0 Å². The smallest absolute Gasteiger partial charge is 0.261 e. The number of sulfonamides is 1. The number of carbonyl (C=O) groups is 1. The van der Waals surface area contributed by atoms with Gasteiger partial charge in [0.25, 0.3) is 15.9 Å². The van der Waals surface area contributed by atoms with Crippen molar-refractivity contribution in [1.29, 1.82) is 0 Å². The molecule has 3 rings (SSSR count). The highest BCUT2D eigenvalue weighted by molar-refractivity contribution is 7.92. The van der Waals surface area contributed by atoms with Crippen LogP contribution in [0.15, 0.2) is 53.4 Å². The fourth-order valence-corrected chi connectivity index (χ4v) is 4.71. The maximum atomic E-state index is 12.6. The maximum Gasteiger partial charge on any atom is 0.261 e. The van der Waals surface area contributed by atoms with Crippen LogP contribution in [-0.2, 0) is 10.0 Å². The minimum Gasteiger partial charge on any atom is -0.350 e. The summed E-state index contributed by atoms with van der Waals surface area (Å²) in [7, 11) is -3.75. The first-order chi connectivity index (χ1) is 14.2. The summed E-state index contributed by atoms with van der Waals surface area (Å²) < 4.78 is 27.6. The number of anilines is 1. The topological polar surface area (TPSA) is 78.5 Å². The van der Waals surface area contributed by atoms with Gasteiger partial charge in [-0.05, 0) is 88.3 Å². The molecule has 0 unspecified atom stereocenters. The van der Waals surface area contributed by atoms with E-state index in [1.807, 2.05) is 0 Å². The molecule has 1 fully saturated rings. The van der Waals surface area contributed by atoms with Crippen LogP contribution in [0.2, 0.25) is 5.02 Å². The Morgan fingerprint density at radius 3 is 2.20 bits per heavy atom. The molecule has 8 heteroatoms. The third-order valence-corrected chi connectivity index (χ3v) is 7.07. The lowest BCUT2D eigenvalue weighted by molar-refractivity contribution is 0.0797. The number of likely N-dealkylation sites (tertiary alicyclic amines) is 1. The van der Waals surface area contributed by atoms with E-state index in [1.54, 1.807) is 24.3 Å². The van der Waals surface area contributed by atoms with Crippen molar-refractivity contribution in [3.05, 3.63) is 59.1 Å². The number of nitrogens with zero attached hydrogens (tertiary/aromatic N) is 1. The second-order valence-corrected chi connectivity index (χ2v) is 10.3. The highest BCUT2D eigenvalue weighted by atomic mass is 35.5. The monoisotopic (exact) mass is 449 g/mol. The first-order valence-corrected chi connectivity index (χ1v) is 12.0. The van der Waals surface area contributed by atoms with Gasteiger partial charge in [-0.15, -0.1) is 0 Å². The van der Waals surface area contributed by atoms with Gasteiger partial charge >= 0.3 is 0 Å². The van der Waals surface area contributed by atoms with Gasteiger partial charge in [-0.25, -0.2) is 8.42 Å². The fraction of sp³-hybridized carbons (Fsp3) is 0.409. The quantitative estimate of drug-likeness (QED) is 0.666. The third-order valence-electron chi connectivity index (χ3n) is 5.42. The minimum atomic E-state index is -3.75. The molecule has 1 saturated heterocycles. The van der Waals surface area contributed by atoms with Crippen molar-refractivity contribution >= 4 is 33.2 Å².